The number of carbonyl (C=O) groups excluding carboxylic acids is 2. The maximum Gasteiger partial charge on any atom is 0.337 e. The van der Waals surface area contributed by atoms with E-state index in [9.17, 15) is 9.59 Å². The molecule has 3 aromatic rings. The number of rotatable bonds is 7. The number of benzene rings is 2. The number of carbonyl (C=O) groups is 2. The maximum atomic E-state index is 13.8. The standard InChI is InChI=1S/C30H29NO5S/c1-18-26(30(33)36-17-19-9-5-4-6-10-19)27(21-11-7-12-24(34-2)29(21)35-3)28-22(31-18)15-20(16-23(28)32)25-13-8-14-37-25/h4-14,20,27,31H,15-17H2,1-3H3/t20-,27+/m1/s1. The summed E-state index contributed by atoms with van der Waals surface area (Å²) in [6.07, 6.45) is 1.07. The lowest BCUT2D eigenvalue weighted by atomic mass is 9.72. The Morgan fingerprint density at radius 3 is 2.51 bits per heavy atom. The topological polar surface area (TPSA) is 73.9 Å². The van der Waals surface area contributed by atoms with E-state index in [4.69, 9.17) is 14.2 Å². The first-order valence-corrected chi connectivity index (χ1v) is 13.1. The highest BCUT2D eigenvalue weighted by Crippen LogP contribution is 2.49. The van der Waals surface area contributed by atoms with Crippen LogP contribution in [-0.2, 0) is 20.9 Å². The molecule has 1 aliphatic heterocycles. The van der Waals surface area contributed by atoms with Crippen LogP contribution in [0.25, 0.3) is 0 Å². The third-order valence-electron chi connectivity index (χ3n) is 6.95. The molecular weight excluding hydrogens is 486 g/mol. The van der Waals surface area contributed by atoms with Crippen molar-refractivity contribution in [1.29, 1.82) is 0 Å². The molecule has 2 atom stereocenters. The van der Waals surface area contributed by atoms with Gasteiger partial charge in [-0.05, 0) is 36.4 Å². The molecule has 0 bridgehead atoms. The van der Waals surface area contributed by atoms with Crippen molar-refractivity contribution < 1.29 is 23.8 Å². The van der Waals surface area contributed by atoms with Crippen molar-refractivity contribution in [3.8, 4) is 11.5 Å². The van der Waals surface area contributed by atoms with Crippen molar-refractivity contribution in [3.63, 3.8) is 0 Å². The molecule has 190 valence electrons. The van der Waals surface area contributed by atoms with Crippen LogP contribution in [-0.4, -0.2) is 26.0 Å². The van der Waals surface area contributed by atoms with Crippen molar-refractivity contribution in [3.05, 3.63) is 105 Å². The first kappa shape index (κ1) is 24.8. The summed E-state index contributed by atoms with van der Waals surface area (Å²) in [5, 5.41) is 5.44. The van der Waals surface area contributed by atoms with Gasteiger partial charge in [-0.25, -0.2) is 4.79 Å². The number of esters is 1. The van der Waals surface area contributed by atoms with Crippen LogP contribution in [0.4, 0.5) is 0 Å². The van der Waals surface area contributed by atoms with E-state index in [0.717, 1.165) is 11.3 Å². The van der Waals surface area contributed by atoms with Crippen LogP contribution < -0.4 is 14.8 Å². The van der Waals surface area contributed by atoms with Gasteiger partial charge in [0.25, 0.3) is 0 Å². The quantitative estimate of drug-likeness (QED) is 0.397. The number of Topliss-reactive ketones (excluding diaryl/α,β-unsaturated/α-hetero) is 1. The van der Waals surface area contributed by atoms with E-state index in [1.54, 1.807) is 31.6 Å². The number of allylic oxidation sites excluding steroid dienone is 3. The molecule has 0 radical (unpaired) electrons. The van der Waals surface area contributed by atoms with Gasteiger partial charge in [0.1, 0.15) is 6.61 Å². The highest BCUT2D eigenvalue weighted by Gasteiger charge is 2.43. The predicted octanol–water partition coefficient (Wildman–Crippen LogP) is 5.87. The van der Waals surface area contributed by atoms with Crippen LogP contribution in [0.3, 0.4) is 0 Å². The molecule has 37 heavy (non-hydrogen) atoms. The number of nitrogens with one attached hydrogen (secondary N) is 1. The highest BCUT2D eigenvalue weighted by atomic mass is 32.1. The van der Waals surface area contributed by atoms with Crippen LogP contribution in [0.15, 0.2) is 88.6 Å². The third kappa shape index (κ3) is 4.79. The predicted molar refractivity (Wildman–Crippen MR) is 143 cm³/mol. The van der Waals surface area contributed by atoms with Gasteiger partial charge in [-0.3, -0.25) is 4.79 Å². The number of thiophene rings is 1. The summed E-state index contributed by atoms with van der Waals surface area (Å²) >= 11 is 1.66. The van der Waals surface area contributed by atoms with Gasteiger partial charge in [-0.1, -0.05) is 48.5 Å². The van der Waals surface area contributed by atoms with E-state index in [0.29, 0.717) is 46.7 Å². The van der Waals surface area contributed by atoms with E-state index in [2.05, 4.69) is 11.4 Å². The zero-order valence-electron chi connectivity index (χ0n) is 21.1. The second-order valence-corrected chi connectivity index (χ2v) is 10.2. The average molecular weight is 516 g/mol. The Labute approximate surface area is 220 Å². The van der Waals surface area contributed by atoms with Gasteiger partial charge in [0.2, 0.25) is 0 Å². The summed E-state index contributed by atoms with van der Waals surface area (Å²) in [7, 11) is 3.14. The average Bonchev–Trinajstić information content (AvgIpc) is 3.46. The summed E-state index contributed by atoms with van der Waals surface area (Å²) in [5.41, 5.74) is 4.11. The van der Waals surface area contributed by atoms with E-state index in [1.807, 2.05) is 60.8 Å². The molecular formula is C30H29NO5S. The maximum absolute atomic E-state index is 13.8. The molecule has 0 unspecified atom stereocenters. The fourth-order valence-corrected chi connectivity index (χ4v) is 6.12. The molecule has 0 spiro atoms. The van der Waals surface area contributed by atoms with Gasteiger partial charge in [-0.15, -0.1) is 11.3 Å². The van der Waals surface area contributed by atoms with Crippen LogP contribution in [0.2, 0.25) is 0 Å². The molecule has 2 aliphatic rings. The molecule has 2 aromatic carbocycles. The Kier molecular flexibility index (Phi) is 7.15. The van der Waals surface area contributed by atoms with Gasteiger partial charge in [0, 0.05) is 39.7 Å². The minimum atomic E-state index is -0.638. The number of ether oxygens (including phenoxy) is 3. The first-order valence-electron chi connectivity index (χ1n) is 12.2. The van der Waals surface area contributed by atoms with Gasteiger partial charge in [-0.2, -0.15) is 0 Å². The van der Waals surface area contributed by atoms with Crippen molar-refractivity contribution >= 4 is 23.1 Å². The number of para-hydroxylation sites is 1. The summed E-state index contributed by atoms with van der Waals surface area (Å²) in [5.74, 6) is 0.0480. The monoisotopic (exact) mass is 515 g/mol. The van der Waals surface area contributed by atoms with Crippen molar-refractivity contribution in [2.45, 2.75) is 38.2 Å². The van der Waals surface area contributed by atoms with Gasteiger partial charge >= 0.3 is 5.97 Å². The molecule has 0 saturated carbocycles. The highest BCUT2D eigenvalue weighted by molar-refractivity contribution is 7.10. The lowest BCUT2D eigenvalue weighted by Crippen LogP contribution is -2.36. The molecule has 7 heteroatoms. The normalized spacial score (nSPS) is 19.3. The van der Waals surface area contributed by atoms with E-state index in [1.165, 1.54) is 4.88 Å². The van der Waals surface area contributed by atoms with Crippen LogP contribution in [0.1, 0.15) is 47.6 Å². The first-order chi connectivity index (χ1) is 18.0. The van der Waals surface area contributed by atoms with Crippen molar-refractivity contribution in [2.24, 2.45) is 0 Å². The smallest absolute Gasteiger partial charge is 0.337 e. The van der Waals surface area contributed by atoms with Crippen LogP contribution in [0, 0.1) is 0 Å². The number of hydrogen-bond donors (Lipinski definition) is 1. The summed E-state index contributed by atoms with van der Waals surface area (Å²) < 4.78 is 17.1. The molecule has 1 aliphatic carbocycles. The zero-order chi connectivity index (χ0) is 25.9. The molecule has 2 heterocycles. The Hall–Kier alpha value is -3.84. The Balaban J connectivity index is 1.58. The number of ketones is 1. The zero-order valence-corrected chi connectivity index (χ0v) is 21.9. The Bertz CT molecular complexity index is 1370. The summed E-state index contributed by atoms with van der Waals surface area (Å²) in [6.45, 7) is 2.00. The largest absolute Gasteiger partial charge is 0.493 e. The van der Waals surface area contributed by atoms with Gasteiger partial charge in [0.05, 0.1) is 25.7 Å². The van der Waals surface area contributed by atoms with Crippen molar-refractivity contribution in [2.75, 3.05) is 14.2 Å². The molecule has 0 fully saturated rings. The lowest BCUT2D eigenvalue weighted by molar-refractivity contribution is -0.140. The van der Waals surface area contributed by atoms with E-state index >= 15 is 0 Å². The van der Waals surface area contributed by atoms with E-state index in [-0.39, 0.29) is 18.3 Å². The molecule has 5 rings (SSSR count). The summed E-state index contributed by atoms with van der Waals surface area (Å²) in [6, 6.07) is 19.2. The number of methoxy groups -OCH3 is 2. The minimum absolute atomic E-state index is 0.0166. The Morgan fingerprint density at radius 1 is 1.00 bits per heavy atom. The fourth-order valence-electron chi connectivity index (χ4n) is 5.29. The molecule has 1 N–H and O–H groups in total. The van der Waals surface area contributed by atoms with Crippen LogP contribution >= 0.6 is 11.3 Å². The van der Waals surface area contributed by atoms with Crippen molar-refractivity contribution in [1.82, 2.24) is 5.32 Å². The fraction of sp³-hybridized carbons (Fsp3) is 0.267. The van der Waals surface area contributed by atoms with E-state index < -0.39 is 11.9 Å². The SMILES string of the molecule is COc1cccc([C@H]2C(C(=O)OCc3ccccc3)=C(C)NC3=C2C(=O)C[C@H](c2cccs2)C3)c1OC. The van der Waals surface area contributed by atoms with Gasteiger partial charge in [0.15, 0.2) is 17.3 Å². The summed E-state index contributed by atoms with van der Waals surface area (Å²) in [4.78, 5) is 28.6. The molecule has 0 amide bonds. The number of hydrogen-bond acceptors (Lipinski definition) is 7. The third-order valence-corrected chi connectivity index (χ3v) is 7.99. The Morgan fingerprint density at radius 2 is 1.81 bits per heavy atom. The second-order valence-electron chi connectivity index (χ2n) is 9.18. The lowest BCUT2D eigenvalue weighted by Gasteiger charge is -2.37. The van der Waals surface area contributed by atoms with Gasteiger partial charge < -0.3 is 19.5 Å². The van der Waals surface area contributed by atoms with Crippen LogP contribution in [0.5, 0.6) is 11.5 Å². The second kappa shape index (κ2) is 10.6. The molecule has 6 nitrogen and oxygen atoms in total. The minimum Gasteiger partial charge on any atom is -0.493 e. The number of dihydropyridines is 1. The molecule has 0 saturated heterocycles. The molecule has 1 aromatic heterocycles.